The van der Waals surface area contributed by atoms with Crippen molar-refractivity contribution >= 4 is 22.0 Å². The number of hydrogen-bond acceptors (Lipinski definition) is 4. The molecule has 0 bridgehead atoms. The third-order valence-corrected chi connectivity index (χ3v) is 4.17. The Labute approximate surface area is 133 Å². The maximum atomic E-state index is 12.0. The molecule has 9 heteroatoms. The Balaban J connectivity index is 4.33. The molecule has 130 valence electrons. The number of urea groups is 1. The predicted octanol–water partition coefficient (Wildman–Crippen LogP) is -0.126. The van der Waals surface area contributed by atoms with Crippen LogP contribution in [0.15, 0.2) is 0 Å². The van der Waals surface area contributed by atoms with Gasteiger partial charge in [0.1, 0.15) is 6.54 Å². The Morgan fingerprint density at radius 3 is 2.23 bits per heavy atom. The van der Waals surface area contributed by atoms with E-state index in [1.165, 1.54) is 4.90 Å². The highest BCUT2D eigenvalue weighted by Gasteiger charge is 2.17. The zero-order chi connectivity index (χ0) is 17.0. The molecule has 0 unspecified atom stereocenters. The minimum absolute atomic E-state index is 0.00492. The van der Waals surface area contributed by atoms with E-state index in [-0.39, 0.29) is 24.7 Å². The van der Waals surface area contributed by atoms with Gasteiger partial charge in [0.05, 0.1) is 5.75 Å². The summed E-state index contributed by atoms with van der Waals surface area (Å²) >= 11 is 0. The summed E-state index contributed by atoms with van der Waals surface area (Å²) in [6.45, 7) is 6.84. The van der Waals surface area contributed by atoms with Gasteiger partial charge in [-0.25, -0.2) is 17.9 Å². The standard InChI is InChI=1S/C13H28N4O4S/c1-4-7-14-12(18)11-17(9-5-2)13(19)15-8-10-22(20,21)16-6-3/h16H,4-11H2,1-3H3,(H,14,18)(H,15,19). The fourth-order valence-electron chi connectivity index (χ4n) is 1.71. The van der Waals surface area contributed by atoms with Crippen LogP contribution in [-0.4, -0.2) is 63.7 Å². The number of rotatable bonds is 11. The molecule has 0 spiro atoms. The molecule has 8 nitrogen and oxygen atoms in total. The van der Waals surface area contributed by atoms with Crippen molar-refractivity contribution < 1.29 is 18.0 Å². The van der Waals surface area contributed by atoms with Gasteiger partial charge in [-0.05, 0) is 12.8 Å². The van der Waals surface area contributed by atoms with Crippen LogP contribution in [0, 0.1) is 0 Å². The highest BCUT2D eigenvalue weighted by Crippen LogP contribution is 1.93. The topological polar surface area (TPSA) is 108 Å². The van der Waals surface area contributed by atoms with E-state index in [0.717, 1.165) is 6.42 Å². The molecule has 0 radical (unpaired) electrons. The van der Waals surface area contributed by atoms with E-state index in [9.17, 15) is 18.0 Å². The zero-order valence-corrected chi connectivity index (χ0v) is 14.5. The van der Waals surface area contributed by atoms with Crippen molar-refractivity contribution in [2.45, 2.75) is 33.6 Å². The lowest BCUT2D eigenvalue weighted by Gasteiger charge is -2.22. The Morgan fingerprint density at radius 1 is 1.00 bits per heavy atom. The Kier molecular flexibility index (Phi) is 10.6. The second-order valence-electron chi connectivity index (χ2n) is 4.82. The van der Waals surface area contributed by atoms with Gasteiger partial charge >= 0.3 is 6.03 Å². The lowest BCUT2D eigenvalue weighted by Crippen LogP contribution is -2.47. The average molecular weight is 336 g/mol. The highest BCUT2D eigenvalue weighted by atomic mass is 32.2. The fourth-order valence-corrected chi connectivity index (χ4v) is 2.67. The van der Waals surface area contributed by atoms with Crippen LogP contribution in [0.5, 0.6) is 0 Å². The molecule has 0 aliphatic rings. The summed E-state index contributed by atoms with van der Waals surface area (Å²) in [5, 5.41) is 5.24. The first-order chi connectivity index (χ1) is 10.4. The van der Waals surface area contributed by atoms with Crippen molar-refractivity contribution in [3.05, 3.63) is 0 Å². The number of amides is 3. The number of hydrogen-bond donors (Lipinski definition) is 3. The van der Waals surface area contributed by atoms with Gasteiger partial charge in [0.25, 0.3) is 0 Å². The van der Waals surface area contributed by atoms with Crippen molar-refractivity contribution in [2.24, 2.45) is 0 Å². The van der Waals surface area contributed by atoms with Crippen LogP contribution in [0.25, 0.3) is 0 Å². The molecule has 0 saturated carbocycles. The monoisotopic (exact) mass is 336 g/mol. The largest absolute Gasteiger partial charge is 0.355 e. The molecule has 0 aliphatic carbocycles. The number of carbonyl (C=O) groups is 2. The maximum absolute atomic E-state index is 12.0. The number of sulfonamides is 1. The van der Waals surface area contributed by atoms with Crippen molar-refractivity contribution in [3.8, 4) is 0 Å². The van der Waals surface area contributed by atoms with Crippen molar-refractivity contribution in [3.63, 3.8) is 0 Å². The zero-order valence-electron chi connectivity index (χ0n) is 13.6. The van der Waals surface area contributed by atoms with E-state index in [2.05, 4.69) is 15.4 Å². The number of nitrogens with one attached hydrogen (secondary N) is 3. The van der Waals surface area contributed by atoms with Crippen LogP contribution in [0.2, 0.25) is 0 Å². The Bertz CT molecular complexity index is 439. The van der Waals surface area contributed by atoms with Gasteiger partial charge in [-0.3, -0.25) is 4.79 Å². The van der Waals surface area contributed by atoms with Crippen LogP contribution < -0.4 is 15.4 Å². The van der Waals surface area contributed by atoms with Crippen LogP contribution in [0.1, 0.15) is 33.6 Å². The molecular formula is C13H28N4O4S. The van der Waals surface area contributed by atoms with Gasteiger partial charge in [0, 0.05) is 26.2 Å². The molecule has 0 rings (SSSR count). The van der Waals surface area contributed by atoms with E-state index < -0.39 is 16.1 Å². The first kappa shape index (κ1) is 20.6. The smallest absolute Gasteiger partial charge is 0.317 e. The van der Waals surface area contributed by atoms with Crippen LogP contribution in [-0.2, 0) is 14.8 Å². The molecule has 3 N–H and O–H groups in total. The molecule has 0 aromatic rings. The number of nitrogens with zero attached hydrogens (tertiary/aromatic N) is 1. The van der Waals surface area contributed by atoms with E-state index in [1.807, 2.05) is 13.8 Å². The van der Waals surface area contributed by atoms with Crippen LogP contribution in [0.4, 0.5) is 4.79 Å². The van der Waals surface area contributed by atoms with Crippen molar-refractivity contribution in [1.29, 1.82) is 0 Å². The first-order valence-electron chi connectivity index (χ1n) is 7.63. The molecule has 0 saturated heterocycles. The Hall–Kier alpha value is -1.35. The fraction of sp³-hybridized carbons (Fsp3) is 0.846. The molecule has 0 aromatic carbocycles. The molecule has 0 fully saturated rings. The van der Waals surface area contributed by atoms with Crippen molar-refractivity contribution in [2.75, 3.05) is 38.5 Å². The van der Waals surface area contributed by atoms with E-state index in [4.69, 9.17) is 0 Å². The van der Waals surface area contributed by atoms with E-state index in [0.29, 0.717) is 26.1 Å². The molecule has 3 amide bonds. The van der Waals surface area contributed by atoms with Gasteiger partial charge in [-0.15, -0.1) is 0 Å². The quantitative estimate of drug-likeness (QED) is 0.488. The van der Waals surface area contributed by atoms with Gasteiger partial charge in [0.2, 0.25) is 15.9 Å². The minimum Gasteiger partial charge on any atom is -0.355 e. The Morgan fingerprint density at radius 2 is 1.68 bits per heavy atom. The van der Waals surface area contributed by atoms with Gasteiger partial charge in [-0.2, -0.15) is 0 Å². The summed E-state index contributed by atoms with van der Waals surface area (Å²) in [6.07, 6.45) is 1.54. The average Bonchev–Trinajstić information content (AvgIpc) is 2.44. The molecule has 22 heavy (non-hydrogen) atoms. The van der Waals surface area contributed by atoms with Gasteiger partial charge in [-0.1, -0.05) is 20.8 Å². The maximum Gasteiger partial charge on any atom is 0.317 e. The summed E-state index contributed by atoms with van der Waals surface area (Å²) in [5.41, 5.74) is 0. The molecule has 0 aliphatic heterocycles. The van der Waals surface area contributed by atoms with Gasteiger partial charge in [0.15, 0.2) is 0 Å². The predicted molar refractivity (Wildman–Crippen MR) is 86.0 cm³/mol. The molecule has 0 aromatic heterocycles. The highest BCUT2D eigenvalue weighted by molar-refractivity contribution is 7.89. The SMILES string of the molecule is CCCNC(=O)CN(CCC)C(=O)NCCS(=O)(=O)NCC. The summed E-state index contributed by atoms with van der Waals surface area (Å²) in [5.74, 6) is -0.403. The molecular weight excluding hydrogens is 308 g/mol. The normalized spacial score (nSPS) is 11.0. The van der Waals surface area contributed by atoms with Crippen LogP contribution in [0.3, 0.4) is 0 Å². The lowest BCUT2D eigenvalue weighted by atomic mass is 10.4. The third kappa shape index (κ3) is 9.56. The third-order valence-electron chi connectivity index (χ3n) is 2.70. The summed E-state index contributed by atoms with van der Waals surface area (Å²) in [6, 6.07) is -0.430. The van der Waals surface area contributed by atoms with E-state index in [1.54, 1.807) is 6.92 Å². The van der Waals surface area contributed by atoms with Crippen molar-refractivity contribution in [1.82, 2.24) is 20.3 Å². The van der Waals surface area contributed by atoms with Crippen LogP contribution >= 0.6 is 0 Å². The molecule has 0 heterocycles. The summed E-state index contributed by atoms with van der Waals surface area (Å²) in [7, 11) is -3.36. The van der Waals surface area contributed by atoms with Gasteiger partial charge < -0.3 is 15.5 Å². The minimum atomic E-state index is -3.36. The number of carbonyl (C=O) groups excluding carboxylic acids is 2. The molecule has 0 atom stereocenters. The first-order valence-corrected chi connectivity index (χ1v) is 9.28. The second kappa shape index (κ2) is 11.2. The summed E-state index contributed by atoms with van der Waals surface area (Å²) < 4.78 is 25.3. The van der Waals surface area contributed by atoms with E-state index >= 15 is 0 Å². The lowest BCUT2D eigenvalue weighted by molar-refractivity contribution is -0.121. The summed E-state index contributed by atoms with van der Waals surface area (Å²) in [4.78, 5) is 25.1. The second-order valence-corrected chi connectivity index (χ2v) is 6.75.